The van der Waals surface area contributed by atoms with E-state index in [2.05, 4.69) is 4.90 Å². The number of carbonyl (C=O) groups excluding carboxylic acids is 1. The maximum Gasteiger partial charge on any atom is 0.164 e. The summed E-state index contributed by atoms with van der Waals surface area (Å²) in [6.07, 6.45) is 0.557. The van der Waals surface area contributed by atoms with E-state index in [4.69, 9.17) is 9.47 Å². The average molecular weight is 325 g/mol. The fourth-order valence-electron chi connectivity index (χ4n) is 2.86. The first-order valence-corrected chi connectivity index (χ1v) is 8.34. The third-order valence-electron chi connectivity index (χ3n) is 4.39. The number of rotatable bonds is 6. The molecule has 1 aliphatic heterocycles. The second kappa shape index (κ2) is 8.08. The van der Waals surface area contributed by atoms with E-state index < -0.39 is 0 Å². The van der Waals surface area contributed by atoms with E-state index in [9.17, 15) is 4.79 Å². The van der Waals surface area contributed by atoms with Crippen molar-refractivity contribution in [2.75, 3.05) is 40.0 Å². The molecule has 1 heterocycles. The van der Waals surface area contributed by atoms with Crippen molar-refractivity contribution in [3.05, 3.63) is 54.1 Å². The van der Waals surface area contributed by atoms with Crippen LogP contribution >= 0.6 is 0 Å². The van der Waals surface area contributed by atoms with E-state index in [0.717, 1.165) is 55.3 Å². The van der Waals surface area contributed by atoms with Gasteiger partial charge in [-0.05, 0) is 23.3 Å². The number of hydrogen-bond donors (Lipinski definition) is 0. The summed E-state index contributed by atoms with van der Waals surface area (Å²) in [5.74, 6) is 1.04. The van der Waals surface area contributed by atoms with Gasteiger partial charge in [-0.1, -0.05) is 36.4 Å². The van der Waals surface area contributed by atoms with Crippen LogP contribution in [0.15, 0.2) is 48.5 Å². The topological polar surface area (TPSA) is 38.8 Å². The number of ether oxygens (including phenoxy) is 2. The van der Waals surface area contributed by atoms with Crippen molar-refractivity contribution < 1.29 is 14.3 Å². The fraction of sp³-hybridized carbons (Fsp3) is 0.350. The minimum absolute atomic E-state index is 0.197. The summed E-state index contributed by atoms with van der Waals surface area (Å²) in [7, 11) is 1.66. The molecule has 2 aromatic carbocycles. The smallest absolute Gasteiger partial charge is 0.164 e. The zero-order chi connectivity index (χ0) is 16.8. The van der Waals surface area contributed by atoms with Crippen molar-refractivity contribution in [1.82, 2.24) is 4.90 Å². The van der Waals surface area contributed by atoms with Gasteiger partial charge in [0, 0.05) is 31.6 Å². The van der Waals surface area contributed by atoms with Crippen LogP contribution in [0.1, 0.15) is 16.8 Å². The number of nitrogens with zero attached hydrogens (tertiary/aromatic N) is 1. The third-order valence-corrected chi connectivity index (χ3v) is 4.39. The number of methoxy groups -OCH3 is 1. The Morgan fingerprint density at radius 1 is 1.00 bits per heavy atom. The Hall–Kier alpha value is -2.17. The Bertz CT molecular complexity index is 658. The first kappa shape index (κ1) is 16.7. The van der Waals surface area contributed by atoms with Gasteiger partial charge in [0.25, 0.3) is 0 Å². The average Bonchev–Trinajstić information content (AvgIpc) is 2.67. The molecule has 1 aliphatic rings. The van der Waals surface area contributed by atoms with Crippen LogP contribution in [-0.2, 0) is 4.74 Å². The molecule has 2 aromatic rings. The Labute approximate surface area is 143 Å². The molecule has 0 aliphatic carbocycles. The Balaban J connectivity index is 1.59. The molecule has 126 valence electrons. The molecular weight excluding hydrogens is 302 g/mol. The molecule has 0 atom stereocenters. The predicted octanol–water partition coefficient (Wildman–Crippen LogP) is 3.27. The zero-order valence-electron chi connectivity index (χ0n) is 14.0. The van der Waals surface area contributed by atoms with Gasteiger partial charge < -0.3 is 9.47 Å². The molecule has 0 N–H and O–H groups in total. The first-order valence-electron chi connectivity index (χ1n) is 8.34. The van der Waals surface area contributed by atoms with Crippen LogP contribution in [0.4, 0.5) is 0 Å². The molecular formula is C20H23NO3. The summed E-state index contributed by atoms with van der Waals surface area (Å²) in [4.78, 5) is 14.6. The van der Waals surface area contributed by atoms with Crippen LogP contribution in [-0.4, -0.2) is 50.6 Å². The minimum Gasteiger partial charge on any atom is -0.497 e. The maximum absolute atomic E-state index is 12.3. The Morgan fingerprint density at radius 2 is 1.58 bits per heavy atom. The number of Topliss-reactive ketones (excluding diaryl/α,β-unsaturated/α-hetero) is 1. The van der Waals surface area contributed by atoms with Gasteiger partial charge in [0.2, 0.25) is 0 Å². The molecule has 3 rings (SSSR count). The number of ketones is 1. The van der Waals surface area contributed by atoms with E-state index in [1.807, 2.05) is 48.5 Å². The number of benzene rings is 2. The van der Waals surface area contributed by atoms with Crippen LogP contribution < -0.4 is 4.74 Å². The van der Waals surface area contributed by atoms with E-state index in [-0.39, 0.29) is 5.78 Å². The van der Waals surface area contributed by atoms with Gasteiger partial charge in [-0.25, -0.2) is 0 Å². The Kier molecular flexibility index (Phi) is 5.62. The molecule has 0 radical (unpaired) electrons. The molecule has 1 saturated heterocycles. The van der Waals surface area contributed by atoms with Crippen LogP contribution in [0.25, 0.3) is 11.1 Å². The molecule has 1 fully saturated rings. The first-order chi connectivity index (χ1) is 11.8. The van der Waals surface area contributed by atoms with E-state index in [1.165, 1.54) is 0 Å². The molecule has 4 nitrogen and oxygen atoms in total. The number of morpholine rings is 1. The normalized spacial score (nSPS) is 15.2. The summed E-state index contributed by atoms with van der Waals surface area (Å²) in [5, 5.41) is 0. The highest BCUT2D eigenvalue weighted by molar-refractivity contribution is 5.96. The van der Waals surface area contributed by atoms with Crippen molar-refractivity contribution in [2.45, 2.75) is 6.42 Å². The quantitative estimate of drug-likeness (QED) is 0.764. The standard InChI is InChI=1S/C20H23NO3/c1-23-19-8-6-17(7-9-19)16-2-4-18(5-3-16)20(22)10-11-21-12-14-24-15-13-21/h2-9H,10-15H2,1H3. The lowest BCUT2D eigenvalue weighted by Gasteiger charge is -2.26. The predicted molar refractivity (Wildman–Crippen MR) is 94.6 cm³/mol. The summed E-state index contributed by atoms with van der Waals surface area (Å²) in [5.41, 5.74) is 2.99. The lowest BCUT2D eigenvalue weighted by atomic mass is 10.0. The monoisotopic (exact) mass is 325 g/mol. The van der Waals surface area contributed by atoms with Crippen molar-refractivity contribution in [1.29, 1.82) is 0 Å². The SMILES string of the molecule is COc1ccc(-c2ccc(C(=O)CCN3CCOCC3)cc2)cc1. The highest BCUT2D eigenvalue weighted by atomic mass is 16.5. The van der Waals surface area contributed by atoms with Crippen LogP contribution in [0.5, 0.6) is 5.75 Å². The zero-order valence-corrected chi connectivity index (χ0v) is 14.0. The van der Waals surface area contributed by atoms with Gasteiger partial charge in [0.1, 0.15) is 5.75 Å². The molecule has 0 spiro atoms. The largest absolute Gasteiger partial charge is 0.497 e. The van der Waals surface area contributed by atoms with Crippen molar-refractivity contribution in [3.8, 4) is 16.9 Å². The summed E-state index contributed by atoms with van der Waals surface area (Å²) >= 11 is 0. The van der Waals surface area contributed by atoms with Gasteiger partial charge >= 0.3 is 0 Å². The van der Waals surface area contributed by atoms with Crippen molar-refractivity contribution in [2.24, 2.45) is 0 Å². The molecule has 0 amide bonds. The van der Waals surface area contributed by atoms with Gasteiger partial charge in [-0.3, -0.25) is 9.69 Å². The summed E-state index contributed by atoms with van der Waals surface area (Å²) < 4.78 is 10.5. The van der Waals surface area contributed by atoms with Gasteiger partial charge in [0.15, 0.2) is 5.78 Å². The number of carbonyl (C=O) groups is 1. The lowest BCUT2D eigenvalue weighted by molar-refractivity contribution is 0.0370. The van der Waals surface area contributed by atoms with Crippen LogP contribution in [0.2, 0.25) is 0 Å². The van der Waals surface area contributed by atoms with Crippen molar-refractivity contribution in [3.63, 3.8) is 0 Å². The second-order valence-electron chi connectivity index (χ2n) is 5.93. The third kappa shape index (κ3) is 4.22. The Morgan fingerprint density at radius 3 is 2.17 bits per heavy atom. The summed E-state index contributed by atoms with van der Waals surface area (Å²) in [6.45, 7) is 4.19. The highest BCUT2D eigenvalue weighted by Crippen LogP contribution is 2.23. The molecule has 0 unspecified atom stereocenters. The highest BCUT2D eigenvalue weighted by Gasteiger charge is 2.13. The molecule has 0 bridgehead atoms. The van der Waals surface area contributed by atoms with E-state index in [0.29, 0.717) is 6.42 Å². The fourth-order valence-corrected chi connectivity index (χ4v) is 2.86. The number of hydrogen-bond acceptors (Lipinski definition) is 4. The van der Waals surface area contributed by atoms with Crippen LogP contribution in [0.3, 0.4) is 0 Å². The van der Waals surface area contributed by atoms with Gasteiger partial charge in [-0.2, -0.15) is 0 Å². The summed E-state index contributed by atoms with van der Waals surface area (Å²) in [6, 6.07) is 15.8. The maximum atomic E-state index is 12.3. The van der Waals surface area contributed by atoms with Gasteiger partial charge in [0.05, 0.1) is 20.3 Å². The molecule has 0 saturated carbocycles. The minimum atomic E-state index is 0.197. The molecule has 4 heteroatoms. The van der Waals surface area contributed by atoms with Gasteiger partial charge in [-0.15, -0.1) is 0 Å². The van der Waals surface area contributed by atoms with Crippen molar-refractivity contribution >= 4 is 5.78 Å². The van der Waals surface area contributed by atoms with E-state index in [1.54, 1.807) is 7.11 Å². The lowest BCUT2D eigenvalue weighted by Crippen LogP contribution is -2.37. The van der Waals surface area contributed by atoms with E-state index >= 15 is 0 Å². The van der Waals surface area contributed by atoms with Crippen LogP contribution in [0, 0.1) is 0 Å². The second-order valence-corrected chi connectivity index (χ2v) is 5.93. The molecule has 0 aromatic heterocycles. The molecule has 24 heavy (non-hydrogen) atoms.